The van der Waals surface area contributed by atoms with Crippen molar-refractivity contribution in [3.63, 3.8) is 0 Å². The lowest BCUT2D eigenvalue weighted by Gasteiger charge is -2.26. The van der Waals surface area contributed by atoms with E-state index in [4.69, 9.17) is 4.74 Å². The molecule has 0 spiro atoms. The largest absolute Gasteiger partial charge is 0.494 e. The van der Waals surface area contributed by atoms with Crippen molar-refractivity contribution in [3.8, 4) is 5.75 Å². The third-order valence-corrected chi connectivity index (χ3v) is 3.37. The molecule has 1 N–H and O–H groups in total. The first-order chi connectivity index (χ1) is 7.57. The minimum atomic E-state index is -0.247. The average Bonchev–Trinajstić information content (AvgIpc) is 2.69. The minimum absolute atomic E-state index is 0.231. The average molecular weight is 223 g/mol. The second kappa shape index (κ2) is 4.06. The molecule has 0 radical (unpaired) electrons. The van der Waals surface area contributed by atoms with Gasteiger partial charge < -0.3 is 10.1 Å². The van der Waals surface area contributed by atoms with Crippen LogP contribution in [0.5, 0.6) is 5.75 Å². The molecule has 2 nitrogen and oxygen atoms in total. The van der Waals surface area contributed by atoms with Gasteiger partial charge in [-0.15, -0.1) is 0 Å². The molecule has 1 aliphatic rings. The molecule has 2 rings (SSSR count). The van der Waals surface area contributed by atoms with Crippen LogP contribution in [-0.4, -0.2) is 13.7 Å². The molecule has 0 amide bonds. The highest BCUT2D eigenvalue weighted by atomic mass is 19.1. The Bertz CT molecular complexity index is 397. The number of aryl methyl sites for hydroxylation is 1. The number of nitrogens with one attached hydrogen (secondary N) is 1. The van der Waals surface area contributed by atoms with Crippen molar-refractivity contribution >= 4 is 0 Å². The Hall–Kier alpha value is -1.09. The molecule has 1 atom stereocenters. The number of hydrogen-bond donors (Lipinski definition) is 1. The maximum absolute atomic E-state index is 14.2. The van der Waals surface area contributed by atoms with Crippen molar-refractivity contribution in [1.82, 2.24) is 5.32 Å². The van der Waals surface area contributed by atoms with Crippen molar-refractivity contribution in [3.05, 3.63) is 29.1 Å². The fraction of sp³-hybridized carbons (Fsp3) is 0.538. The Balaban J connectivity index is 2.51. The Morgan fingerprint density at radius 2 is 2.19 bits per heavy atom. The predicted octanol–water partition coefficient (Wildman–Crippen LogP) is 2.74. The van der Waals surface area contributed by atoms with Crippen molar-refractivity contribution in [2.75, 3.05) is 13.7 Å². The lowest BCUT2D eigenvalue weighted by atomic mass is 9.89. The van der Waals surface area contributed by atoms with Crippen LogP contribution in [0.2, 0.25) is 0 Å². The first-order valence-corrected chi connectivity index (χ1v) is 5.66. The van der Waals surface area contributed by atoms with E-state index < -0.39 is 0 Å². The highest BCUT2D eigenvalue weighted by Gasteiger charge is 2.33. The Morgan fingerprint density at radius 1 is 1.44 bits per heavy atom. The van der Waals surface area contributed by atoms with E-state index in [2.05, 4.69) is 12.2 Å². The maximum atomic E-state index is 14.2. The third-order valence-electron chi connectivity index (χ3n) is 3.37. The summed E-state index contributed by atoms with van der Waals surface area (Å²) < 4.78 is 19.3. The molecular weight excluding hydrogens is 205 g/mol. The van der Waals surface area contributed by atoms with Crippen molar-refractivity contribution < 1.29 is 9.13 Å². The molecule has 1 fully saturated rings. The standard InChI is InChI=1S/C13H18FNO/c1-9-7-10(12(14)11(8-9)16-3)13(2)5-4-6-15-13/h7-8,15H,4-6H2,1-3H3. The lowest BCUT2D eigenvalue weighted by molar-refractivity contribution is 0.362. The predicted molar refractivity (Wildman–Crippen MR) is 62.3 cm³/mol. The molecule has 1 heterocycles. The van der Waals surface area contributed by atoms with Gasteiger partial charge in [-0.2, -0.15) is 0 Å². The van der Waals surface area contributed by atoms with E-state index in [1.165, 1.54) is 7.11 Å². The summed E-state index contributed by atoms with van der Waals surface area (Å²) in [5.41, 5.74) is 1.51. The van der Waals surface area contributed by atoms with Gasteiger partial charge in [0.25, 0.3) is 0 Å². The van der Waals surface area contributed by atoms with E-state index in [0.29, 0.717) is 5.75 Å². The van der Waals surface area contributed by atoms with Gasteiger partial charge in [-0.25, -0.2) is 4.39 Å². The van der Waals surface area contributed by atoms with E-state index in [0.717, 1.165) is 30.5 Å². The summed E-state index contributed by atoms with van der Waals surface area (Å²) in [4.78, 5) is 0. The number of halogens is 1. The van der Waals surface area contributed by atoms with Crippen LogP contribution in [0.4, 0.5) is 4.39 Å². The summed E-state index contributed by atoms with van der Waals surface area (Å²) in [5, 5.41) is 3.37. The second-order valence-electron chi connectivity index (χ2n) is 4.69. The van der Waals surface area contributed by atoms with E-state index >= 15 is 0 Å². The topological polar surface area (TPSA) is 21.3 Å². The number of rotatable bonds is 2. The molecule has 0 bridgehead atoms. The zero-order valence-corrected chi connectivity index (χ0v) is 10.1. The first-order valence-electron chi connectivity index (χ1n) is 5.66. The van der Waals surface area contributed by atoms with Gasteiger partial charge in [-0.3, -0.25) is 0 Å². The monoisotopic (exact) mass is 223 g/mol. The Labute approximate surface area is 95.8 Å². The molecule has 1 saturated heterocycles. The van der Waals surface area contributed by atoms with Crippen LogP contribution in [0.15, 0.2) is 12.1 Å². The summed E-state index contributed by atoms with van der Waals surface area (Å²) in [5.74, 6) is 0.106. The van der Waals surface area contributed by atoms with Crippen molar-refractivity contribution in [1.29, 1.82) is 0 Å². The highest BCUT2D eigenvalue weighted by Crippen LogP contribution is 2.35. The maximum Gasteiger partial charge on any atom is 0.170 e. The third kappa shape index (κ3) is 1.80. The molecule has 16 heavy (non-hydrogen) atoms. The fourth-order valence-corrected chi connectivity index (χ4v) is 2.41. The zero-order chi connectivity index (χ0) is 11.8. The van der Waals surface area contributed by atoms with Crippen LogP contribution >= 0.6 is 0 Å². The summed E-state index contributed by atoms with van der Waals surface area (Å²) >= 11 is 0. The van der Waals surface area contributed by atoms with Gasteiger partial charge in [-0.05, 0) is 44.9 Å². The molecule has 1 aromatic carbocycles. The molecule has 1 aromatic rings. The molecule has 0 aromatic heterocycles. The van der Waals surface area contributed by atoms with Gasteiger partial charge in [-0.1, -0.05) is 6.07 Å². The lowest BCUT2D eigenvalue weighted by Crippen LogP contribution is -2.34. The summed E-state index contributed by atoms with van der Waals surface area (Å²) in [6.07, 6.45) is 2.06. The molecule has 0 saturated carbocycles. The van der Waals surface area contributed by atoms with Crippen LogP contribution in [0.25, 0.3) is 0 Å². The summed E-state index contributed by atoms with van der Waals surface area (Å²) in [6, 6.07) is 3.65. The van der Waals surface area contributed by atoms with E-state index in [1.807, 2.05) is 13.0 Å². The van der Waals surface area contributed by atoms with Crippen molar-refractivity contribution in [2.24, 2.45) is 0 Å². The Kier molecular flexibility index (Phi) is 2.89. The molecular formula is C13H18FNO. The summed E-state index contributed by atoms with van der Waals surface area (Å²) in [7, 11) is 1.51. The molecule has 1 aliphatic heterocycles. The molecule has 1 unspecified atom stereocenters. The highest BCUT2D eigenvalue weighted by molar-refractivity contribution is 5.39. The van der Waals surface area contributed by atoms with Crippen LogP contribution in [0, 0.1) is 12.7 Å². The zero-order valence-electron chi connectivity index (χ0n) is 10.1. The van der Waals surface area contributed by atoms with Gasteiger partial charge in [0.05, 0.1) is 7.11 Å². The van der Waals surface area contributed by atoms with Gasteiger partial charge in [0, 0.05) is 11.1 Å². The van der Waals surface area contributed by atoms with E-state index in [1.54, 1.807) is 6.07 Å². The van der Waals surface area contributed by atoms with Gasteiger partial charge in [0.15, 0.2) is 11.6 Å². The summed E-state index contributed by atoms with van der Waals surface area (Å²) in [6.45, 7) is 4.97. The SMILES string of the molecule is COc1cc(C)cc(C2(C)CCCN2)c1F. The van der Waals surface area contributed by atoms with Gasteiger partial charge >= 0.3 is 0 Å². The number of ether oxygens (including phenoxy) is 1. The quantitative estimate of drug-likeness (QED) is 0.832. The van der Waals surface area contributed by atoms with Crippen LogP contribution < -0.4 is 10.1 Å². The van der Waals surface area contributed by atoms with Gasteiger partial charge in [0.2, 0.25) is 0 Å². The van der Waals surface area contributed by atoms with E-state index in [-0.39, 0.29) is 11.4 Å². The molecule has 88 valence electrons. The molecule has 0 aliphatic carbocycles. The van der Waals surface area contributed by atoms with Crippen molar-refractivity contribution in [2.45, 2.75) is 32.2 Å². The van der Waals surface area contributed by atoms with E-state index in [9.17, 15) is 4.39 Å². The minimum Gasteiger partial charge on any atom is -0.494 e. The van der Waals surface area contributed by atoms with Crippen LogP contribution in [0.1, 0.15) is 30.9 Å². The first kappa shape index (κ1) is 11.4. The normalized spacial score (nSPS) is 24.8. The Morgan fingerprint density at radius 3 is 2.75 bits per heavy atom. The number of methoxy groups -OCH3 is 1. The van der Waals surface area contributed by atoms with Crippen LogP contribution in [0.3, 0.4) is 0 Å². The van der Waals surface area contributed by atoms with Crippen LogP contribution in [-0.2, 0) is 5.54 Å². The van der Waals surface area contributed by atoms with Gasteiger partial charge in [0.1, 0.15) is 0 Å². The number of hydrogen-bond acceptors (Lipinski definition) is 2. The molecule has 3 heteroatoms. The smallest absolute Gasteiger partial charge is 0.170 e. The fourth-order valence-electron chi connectivity index (χ4n) is 2.41. The number of benzene rings is 1. The second-order valence-corrected chi connectivity index (χ2v) is 4.69.